The number of halogens is 1. The zero-order valence-electron chi connectivity index (χ0n) is 9.21. The van der Waals surface area contributed by atoms with Crippen LogP contribution in [0.2, 0.25) is 0 Å². The Kier molecular flexibility index (Phi) is 2.38. The van der Waals surface area contributed by atoms with Gasteiger partial charge in [-0.2, -0.15) is 8.42 Å². The molecule has 0 atom stereocenters. The number of hydrogen-bond donors (Lipinski definition) is 0. The summed E-state index contributed by atoms with van der Waals surface area (Å²) in [5.74, 6) is 0.754. The smallest absolute Gasteiger partial charge is 0.313 e. The van der Waals surface area contributed by atoms with Crippen LogP contribution >= 0.6 is 0 Å². The Morgan fingerprint density at radius 2 is 1.33 bits per heavy atom. The zero-order chi connectivity index (χ0) is 12.8. The molecule has 0 unspecified atom stereocenters. The van der Waals surface area contributed by atoms with Crippen molar-refractivity contribution in [1.29, 1.82) is 0 Å². The van der Waals surface area contributed by atoms with Crippen molar-refractivity contribution < 1.29 is 17.0 Å². The molecular weight excluding hydrogens is 255 g/mol. The zero-order valence-corrected chi connectivity index (χ0v) is 10.0. The quantitative estimate of drug-likeness (QED) is 0.743. The maximum absolute atomic E-state index is 13.5. The Morgan fingerprint density at radius 1 is 0.889 bits per heavy atom. The van der Waals surface area contributed by atoms with Gasteiger partial charge in [-0.1, -0.05) is 36.4 Å². The van der Waals surface area contributed by atoms with Gasteiger partial charge in [0.2, 0.25) is 0 Å². The highest BCUT2D eigenvalue weighted by Crippen LogP contribution is 2.46. The Labute approximate surface area is 104 Å². The lowest BCUT2D eigenvalue weighted by Crippen LogP contribution is -2.15. The standard InChI is InChI=1S/C13H9FO3S/c14-18(15,16)13-9-5-1-3-7-11(9)17-12-8-4-2-6-10(12)13/h1-8,13H. The number of fused-ring (bicyclic) bond motifs is 2. The molecule has 0 fully saturated rings. The molecule has 3 nitrogen and oxygen atoms in total. The van der Waals surface area contributed by atoms with Crippen molar-refractivity contribution in [2.24, 2.45) is 0 Å². The topological polar surface area (TPSA) is 43.4 Å². The van der Waals surface area contributed by atoms with Gasteiger partial charge in [0.05, 0.1) is 0 Å². The predicted molar refractivity (Wildman–Crippen MR) is 64.8 cm³/mol. The number of ether oxygens (including phenoxy) is 1. The third kappa shape index (κ3) is 1.67. The van der Waals surface area contributed by atoms with E-state index in [2.05, 4.69) is 0 Å². The van der Waals surface area contributed by atoms with Gasteiger partial charge in [0.1, 0.15) is 16.7 Å². The van der Waals surface area contributed by atoms with Crippen LogP contribution in [0.3, 0.4) is 0 Å². The van der Waals surface area contributed by atoms with Gasteiger partial charge in [-0.15, -0.1) is 3.89 Å². The molecule has 1 heterocycles. The molecule has 2 aromatic rings. The van der Waals surface area contributed by atoms with Gasteiger partial charge in [-0.05, 0) is 12.1 Å². The molecule has 3 rings (SSSR count). The molecule has 0 N–H and O–H groups in total. The molecule has 0 bridgehead atoms. The van der Waals surface area contributed by atoms with Crippen molar-refractivity contribution in [2.75, 3.05) is 0 Å². The molecule has 0 spiro atoms. The van der Waals surface area contributed by atoms with Crippen LogP contribution < -0.4 is 4.74 Å². The monoisotopic (exact) mass is 264 g/mol. The van der Waals surface area contributed by atoms with Gasteiger partial charge in [-0.25, -0.2) is 0 Å². The second-order valence-corrected chi connectivity index (χ2v) is 5.46. The van der Waals surface area contributed by atoms with Crippen LogP contribution in [-0.2, 0) is 10.2 Å². The second-order valence-electron chi connectivity index (χ2n) is 4.03. The summed E-state index contributed by atoms with van der Waals surface area (Å²) in [6.07, 6.45) is 0. The van der Waals surface area contributed by atoms with Crippen molar-refractivity contribution in [3.8, 4) is 11.5 Å². The Bertz CT molecular complexity index is 664. The van der Waals surface area contributed by atoms with Crippen LogP contribution in [0.5, 0.6) is 11.5 Å². The van der Waals surface area contributed by atoms with Crippen LogP contribution in [0.15, 0.2) is 48.5 Å². The molecule has 0 aliphatic carbocycles. The molecular formula is C13H9FO3S. The average molecular weight is 264 g/mol. The molecule has 2 aromatic carbocycles. The van der Waals surface area contributed by atoms with Crippen molar-refractivity contribution in [3.63, 3.8) is 0 Å². The number of hydrogen-bond acceptors (Lipinski definition) is 3. The fraction of sp³-hybridized carbons (Fsp3) is 0.0769. The fourth-order valence-electron chi connectivity index (χ4n) is 2.17. The van der Waals surface area contributed by atoms with E-state index in [1.807, 2.05) is 0 Å². The Hall–Kier alpha value is -1.88. The summed E-state index contributed by atoms with van der Waals surface area (Å²) in [7, 11) is -4.73. The minimum Gasteiger partial charge on any atom is -0.457 e. The van der Waals surface area contributed by atoms with Crippen LogP contribution in [0, 0.1) is 0 Å². The first-order valence-electron chi connectivity index (χ1n) is 5.36. The molecule has 0 radical (unpaired) electrons. The van der Waals surface area contributed by atoms with Crippen molar-refractivity contribution >= 4 is 10.2 Å². The third-order valence-corrected chi connectivity index (χ3v) is 3.98. The first-order valence-corrected chi connectivity index (χ1v) is 6.81. The SMILES string of the molecule is O=S(=O)(F)C1c2ccccc2Oc2ccccc21. The first-order chi connectivity index (χ1) is 8.57. The summed E-state index contributed by atoms with van der Waals surface area (Å²) >= 11 is 0. The largest absolute Gasteiger partial charge is 0.457 e. The van der Waals surface area contributed by atoms with Gasteiger partial charge in [0.15, 0.2) is 0 Å². The molecule has 0 saturated heterocycles. The summed E-state index contributed by atoms with van der Waals surface area (Å²) in [5, 5.41) is -1.31. The van der Waals surface area contributed by atoms with Crippen LogP contribution in [0.25, 0.3) is 0 Å². The van der Waals surface area contributed by atoms with E-state index in [1.165, 1.54) is 0 Å². The maximum atomic E-state index is 13.5. The lowest BCUT2D eigenvalue weighted by atomic mass is 10.00. The molecule has 0 saturated carbocycles. The van der Waals surface area contributed by atoms with Crippen LogP contribution in [0.1, 0.15) is 16.4 Å². The van der Waals surface area contributed by atoms with Crippen LogP contribution in [-0.4, -0.2) is 8.42 Å². The highest BCUT2D eigenvalue weighted by atomic mass is 32.3. The molecule has 5 heteroatoms. The summed E-state index contributed by atoms with van der Waals surface area (Å²) in [4.78, 5) is 0. The average Bonchev–Trinajstić information content (AvgIpc) is 2.34. The highest BCUT2D eigenvalue weighted by molar-refractivity contribution is 7.86. The molecule has 1 aliphatic rings. The number of para-hydroxylation sites is 2. The van der Waals surface area contributed by atoms with Gasteiger partial charge in [-0.3, -0.25) is 0 Å². The molecule has 0 amide bonds. The van der Waals surface area contributed by atoms with Crippen molar-refractivity contribution in [3.05, 3.63) is 59.7 Å². The van der Waals surface area contributed by atoms with E-state index < -0.39 is 15.5 Å². The van der Waals surface area contributed by atoms with E-state index in [0.29, 0.717) is 22.6 Å². The molecule has 18 heavy (non-hydrogen) atoms. The summed E-state index contributed by atoms with van der Waals surface area (Å²) in [5.41, 5.74) is 0.664. The van der Waals surface area contributed by atoms with Crippen LogP contribution in [0.4, 0.5) is 3.89 Å². The Balaban J connectivity index is 2.31. The van der Waals surface area contributed by atoms with Crippen molar-refractivity contribution in [2.45, 2.75) is 5.25 Å². The van der Waals surface area contributed by atoms with E-state index in [9.17, 15) is 12.3 Å². The van der Waals surface area contributed by atoms with E-state index in [4.69, 9.17) is 4.74 Å². The highest BCUT2D eigenvalue weighted by Gasteiger charge is 2.36. The summed E-state index contributed by atoms with van der Waals surface area (Å²) in [6.45, 7) is 0. The lowest BCUT2D eigenvalue weighted by molar-refractivity contribution is 0.451. The van der Waals surface area contributed by atoms with Gasteiger partial charge in [0, 0.05) is 11.1 Å². The first kappa shape index (κ1) is 11.2. The maximum Gasteiger partial charge on any atom is 0.313 e. The predicted octanol–water partition coefficient (Wildman–Crippen LogP) is 3.18. The summed E-state index contributed by atoms with van der Waals surface area (Å²) < 4.78 is 41.9. The van der Waals surface area contributed by atoms with Gasteiger partial charge < -0.3 is 4.74 Å². The normalized spacial score (nSPS) is 14.5. The molecule has 0 aromatic heterocycles. The molecule has 1 aliphatic heterocycles. The van der Waals surface area contributed by atoms with Gasteiger partial charge >= 0.3 is 10.2 Å². The fourth-order valence-corrected chi connectivity index (χ4v) is 3.17. The number of rotatable bonds is 1. The second kappa shape index (κ2) is 3.81. The number of benzene rings is 2. The van der Waals surface area contributed by atoms with E-state index in [-0.39, 0.29) is 0 Å². The Morgan fingerprint density at radius 3 is 1.78 bits per heavy atom. The summed E-state index contributed by atoms with van der Waals surface area (Å²) in [6, 6.07) is 13.1. The van der Waals surface area contributed by atoms with E-state index in [1.54, 1.807) is 48.5 Å². The van der Waals surface area contributed by atoms with Gasteiger partial charge in [0.25, 0.3) is 0 Å². The van der Waals surface area contributed by atoms with E-state index >= 15 is 0 Å². The third-order valence-electron chi connectivity index (χ3n) is 2.90. The van der Waals surface area contributed by atoms with Crippen molar-refractivity contribution in [1.82, 2.24) is 0 Å². The minimum absolute atomic E-state index is 0.332. The lowest BCUT2D eigenvalue weighted by Gasteiger charge is -2.25. The van der Waals surface area contributed by atoms with E-state index in [0.717, 1.165) is 0 Å². The molecule has 92 valence electrons. The minimum atomic E-state index is -4.73.